The van der Waals surface area contributed by atoms with E-state index in [1.807, 2.05) is 0 Å². The number of esters is 1. The van der Waals surface area contributed by atoms with Crippen molar-refractivity contribution < 1.29 is 33.3 Å². The first kappa shape index (κ1) is 25.1. The lowest BCUT2D eigenvalue weighted by atomic mass is 10.2. The fourth-order valence-electron chi connectivity index (χ4n) is 2.68. The molecule has 0 saturated carbocycles. The summed E-state index contributed by atoms with van der Waals surface area (Å²) in [7, 11) is 0. The van der Waals surface area contributed by atoms with E-state index < -0.39 is 11.9 Å². The molecule has 1 heterocycles. The molecule has 3 aromatic rings. The van der Waals surface area contributed by atoms with Crippen molar-refractivity contribution >= 4 is 41.4 Å². The first-order valence-corrected chi connectivity index (χ1v) is 11.4. The van der Waals surface area contributed by atoms with Crippen molar-refractivity contribution in [3.8, 4) is 23.0 Å². The van der Waals surface area contributed by atoms with Crippen LogP contribution >= 0.6 is 23.4 Å². The van der Waals surface area contributed by atoms with Gasteiger partial charge in [0.1, 0.15) is 4.91 Å². The van der Waals surface area contributed by atoms with Crippen molar-refractivity contribution in [2.45, 2.75) is 19.1 Å². The van der Waals surface area contributed by atoms with E-state index in [9.17, 15) is 14.7 Å². The summed E-state index contributed by atoms with van der Waals surface area (Å²) < 4.78 is 21.5. The van der Waals surface area contributed by atoms with Crippen molar-refractivity contribution in [1.82, 2.24) is 10.2 Å². The molecule has 34 heavy (non-hydrogen) atoms. The number of nitrogens with zero attached hydrogens (tertiary/aromatic N) is 2. The molecule has 0 aliphatic carbocycles. The van der Waals surface area contributed by atoms with Crippen LogP contribution in [-0.4, -0.2) is 47.1 Å². The zero-order chi connectivity index (χ0) is 24.5. The van der Waals surface area contributed by atoms with Crippen molar-refractivity contribution in [2.75, 3.05) is 19.8 Å². The van der Waals surface area contributed by atoms with Crippen LogP contribution in [0.4, 0.5) is 0 Å². The van der Waals surface area contributed by atoms with E-state index in [-0.39, 0.29) is 29.2 Å². The molecule has 0 radical (unpaired) electrons. The van der Waals surface area contributed by atoms with Gasteiger partial charge in [0, 0.05) is 10.6 Å². The number of halogens is 1. The van der Waals surface area contributed by atoms with Crippen molar-refractivity contribution in [3.63, 3.8) is 0 Å². The number of hydrogen-bond donors (Lipinski definition) is 1. The summed E-state index contributed by atoms with van der Waals surface area (Å²) in [6.45, 7) is 3.83. The number of carboxylic acid groups (broad SMARTS) is 1. The first-order chi connectivity index (χ1) is 16.4. The maximum absolute atomic E-state index is 11.8. The Morgan fingerprint density at radius 1 is 1.06 bits per heavy atom. The van der Waals surface area contributed by atoms with Crippen LogP contribution in [-0.2, 0) is 14.3 Å². The molecule has 1 N–H and O–H groups in total. The Kier molecular flexibility index (Phi) is 8.94. The van der Waals surface area contributed by atoms with Crippen LogP contribution in [0.1, 0.15) is 19.4 Å². The third-order valence-corrected chi connectivity index (χ3v) is 5.23. The van der Waals surface area contributed by atoms with Crippen LogP contribution in [0.25, 0.3) is 17.5 Å². The van der Waals surface area contributed by atoms with E-state index in [2.05, 4.69) is 10.2 Å². The average molecular weight is 505 g/mol. The summed E-state index contributed by atoms with van der Waals surface area (Å²) >= 11 is 6.70. The van der Waals surface area contributed by atoms with Crippen LogP contribution in [0.3, 0.4) is 0 Å². The van der Waals surface area contributed by atoms with Gasteiger partial charge in [-0.1, -0.05) is 17.7 Å². The Balaban J connectivity index is 1.79. The van der Waals surface area contributed by atoms with E-state index >= 15 is 0 Å². The zero-order valence-electron chi connectivity index (χ0n) is 18.3. The summed E-state index contributed by atoms with van der Waals surface area (Å²) in [5, 5.41) is 18.2. The lowest BCUT2D eigenvalue weighted by molar-refractivity contribution is -0.145. The van der Waals surface area contributed by atoms with Gasteiger partial charge in [0.2, 0.25) is 5.89 Å². The van der Waals surface area contributed by atoms with Crippen molar-refractivity contribution in [2.24, 2.45) is 0 Å². The quantitative estimate of drug-likeness (QED) is 0.218. The molecule has 178 valence electrons. The number of carboxylic acids is 1. The van der Waals surface area contributed by atoms with Gasteiger partial charge in [-0.3, -0.25) is 0 Å². The monoisotopic (exact) mass is 504 g/mol. The average Bonchev–Trinajstić information content (AvgIpc) is 3.27. The summed E-state index contributed by atoms with van der Waals surface area (Å²) in [6, 6.07) is 11.7. The first-order valence-electron chi connectivity index (χ1n) is 10.2. The second-order valence-electron chi connectivity index (χ2n) is 6.53. The van der Waals surface area contributed by atoms with Gasteiger partial charge in [-0.2, -0.15) is 0 Å². The minimum atomic E-state index is -1.17. The molecular weight excluding hydrogens is 484 g/mol. The predicted molar refractivity (Wildman–Crippen MR) is 126 cm³/mol. The smallest absolute Gasteiger partial charge is 0.344 e. The molecule has 0 amide bonds. The molecule has 0 aliphatic rings. The van der Waals surface area contributed by atoms with E-state index in [1.165, 1.54) is 6.08 Å². The van der Waals surface area contributed by atoms with Gasteiger partial charge in [-0.05, 0) is 73.6 Å². The highest BCUT2D eigenvalue weighted by Crippen LogP contribution is 2.33. The lowest BCUT2D eigenvalue weighted by Crippen LogP contribution is -2.15. The van der Waals surface area contributed by atoms with Crippen LogP contribution in [0.15, 0.2) is 57.0 Å². The summed E-state index contributed by atoms with van der Waals surface area (Å²) in [5.41, 5.74) is 1.19. The topological polar surface area (TPSA) is 121 Å². The fourth-order valence-corrected chi connectivity index (χ4v) is 3.48. The Labute approximate surface area is 204 Å². The number of benzene rings is 2. The van der Waals surface area contributed by atoms with E-state index in [0.717, 1.165) is 11.8 Å². The van der Waals surface area contributed by atoms with Crippen LogP contribution in [0, 0.1) is 0 Å². The zero-order valence-corrected chi connectivity index (χ0v) is 19.9. The molecule has 2 aromatic carbocycles. The maximum atomic E-state index is 11.8. The van der Waals surface area contributed by atoms with Gasteiger partial charge in [0.25, 0.3) is 5.22 Å². The summed E-state index contributed by atoms with van der Waals surface area (Å²) in [5.74, 6) is -0.738. The number of hydrogen-bond acceptors (Lipinski definition) is 9. The second-order valence-corrected chi connectivity index (χ2v) is 7.96. The van der Waals surface area contributed by atoms with Crippen molar-refractivity contribution in [3.05, 3.63) is 58.0 Å². The predicted octanol–water partition coefficient (Wildman–Crippen LogP) is 4.95. The van der Waals surface area contributed by atoms with Crippen LogP contribution < -0.4 is 9.47 Å². The molecule has 0 spiro atoms. The lowest BCUT2D eigenvalue weighted by Gasteiger charge is -2.12. The minimum absolute atomic E-state index is 0.0473. The number of aliphatic carboxylic acids is 1. The minimum Gasteiger partial charge on any atom is -0.490 e. The van der Waals surface area contributed by atoms with Gasteiger partial charge in [0.15, 0.2) is 18.1 Å². The molecule has 0 unspecified atom stereocenters. The van der Waals surface area contributed by atoms with E-state index in [4.69, 9.17) is 30.2 Å². The summed E-state index contributed by atoms with van der Waals surface area (Å²) in [6.07, 6.45) is 1.44. The molecule has 1 aromatic heterocycles. The van der Waals surface area contributed by atoms with Gasteiger partial charge >= 0.3 is 11.9 Å². The molecule has 0 fully saturated rings. The highest BCUT2D eigenvalue weighted by molar-refractivity contribution is 8.03. The highest BCUT2D eigenvalue weighted by Gasteiger charge is 2.17. The number of aromatic nitrogens is 2. The van der Waals surface area contributed by atoms with Gasteiger partial charge < -0.3 is 23.7 Å². The van der Waals surface area contributed by atoms with E-state index in [1.54, 1.807) is 56.3 Å². The second kappa shape index (κ2) is 12.1. The Morgan fingerprint density at radius 3 is 2.50 bits per heavy atom. The van der Waals surface area contributed by atoms with Crippen molar-refractivity contribution in [1.29, 1.82) is 0 Å². The molecule has 0 atom stereocenters. The third kappa shape index (κ3) is 7.00. The molecule has 0 saturated heterocycles. The number of carbonyl (C=O) groups is 2. The molecule has 3 rings (SSSR count). The van der Waals surface area contributed by atoms with Crippen LogP contribution in [0.5, 0.6) is 11.5 Å². The fraction of sp³-hybridized carbons (Fsp3) is 0.217. The van der Waals surface area contributed by atoms with Gasteiger partial charge in [-0.25, -0.2) is 9.59 Å². The Hall–Kier alpha value is -3.50. The molecular formula is C23H21ClN2O7S. The largest absolute Gasteiger partial charge is 0.490 e. The number of rotatable bonds is 11. The van der Waals surface area contributed by atoms with E-state index in [0.29, 0.717) is 34.3 Å². The Bertz CT molecular complexity index is 1180. The highest BCUT2D eigenvalue weighted by atomic mass is 35.5. The number of ether oxygens (including phenoxy) is 3. The SMILES string of the molecule is CCOC(=O)COc1ccc(/C=C(\Sc2nnc(-c3ccc(Cl)cc3)o2)C(=O)O)cc1OCC. The van der Waals surface area contributed by atoms with Gasteiger partial charge in [-0.15, -0.1) is 10.2 Å². The number of carbonyl (C=O) groups excluding carboxylic acids is 1. The standard InChI is InChI=1S/C23H21ClN2O7S/c1-3-30-18-11-14(5-10-17(18)32-13-20(27)31-4-2)12-19(22(28)29)34-23-26-25-21(33-23)15-6-8-16(24)9-7-15/h5-12H,3-4,13H2,1-2H3,(H,28,29)/b19-12-. The molecule has 11 heteroatoms. The molecule has 9 nitrogen and oxygen atoms in total. The van der Waals surface area contributed by atoms with Crippen LogP contribution in [0.2, 0.25) is 5.02 Å². The third-order valence-electron chi connectivity index (χ3n) is 4.12. The number of thioether (sulfide) groups is 1. The normalized spacial score (nSPS) is 11.2. The maximum Gasteiger partial charge on any atom is 0.344 e. The summed E-state index contributed by atoms with van der Waals surface area (Å²) in [4.78, 5) is 23.4. The van der Waals surface area contributed by atoms with Gasteiger partial charge in [0.05, 0.1) is 13.2 Å². The Morgan fingerprint density at radius 2 is 1.82 bits per heavy atom. The molecule has 0 aliphatic heterocycles. The molecule has 0 bridgehead atoms.